The van der Waals surface area contributed by atoms with Crippen molar-refractivity contribution in [1.29, 1.82) is 0 Å². The molecule has 0 atom stereocenters. The van der Waals surface area contributed by atoms with E-state index in [1.54, 1.807) is 0 Å². The van der Waals surface area contributed by atoms with Gasteiger partial charge in [0, 0.05) is 6.61 Å². The maximum atomic E-state index is 12.9. The molecule has 0 aromatic heterocycles. The van der Waals surface area contributed by atoms with Gasteiger partial charge in [0.25, 0.3) is 0 Å². The van der Waals surface area contributed by atoms with Crippen LogP contribution in [0.2, 0.25) is 0 Å². The zero-order chi connectivity index (χ0) is 12.6. The monoisotopic (exact) mass is 228 g/mol. The van der Waals surface area contributed by atoms with E-state index in [4.69, 9.17) is 9.84 Å². The van der Waals surface area contributed by atoms with Crippen molar-refractivity contribution in [2.24, 2.45) is 0 Å². The molecule has 0 amide bonds. The van der Waals surface area contributed by atoms with Crippen molar-refractivity contribution in [3.05, 3.63) is 35.1 Å². The second-order valence-electron chi connectivity index (χ2n) is 2.79. The molecule has 1 aromatic carbocycles. The maximum absolute atomic E-state index is 12.9. The van der Waals surface area contributed by atoms with E-state index >= 15 is 0 Å². The van der Waals surface area contributed by atoms with Crippen LogP contribution in [0.15, 0.2) is 18.2 Å². The number of carboxylic acids is 1. The molecule has 0 bridgehead atoms. The number of carbonyl (C=O) groups is 1. The molecule has 4 heteroatoms. The molecule has 0 heterocycles. The Kier molecular flexibility index (Phi) is 7.12. The van der Waals surface area contributed by atoms with Gasteiger partial charge in [-0.25, -0.2) is 9.18 Å². The maximum Gasteiger partial charge on any atom is 0.335 e. The van der Waals surface area contributed by atoms with Gasteiger partial charge < -0.3 is 9.84 Å². The molecule has 16 heavy (non-hydrogen) atoms. The normalized spacial score (nSPS) is 9.25. The third kappa shape index (κ3) is 4.89. The Balaban J connectivity index is 0.00000106. The fourth-order valence-corrected chi connectivity index (χ4v) is 1.08. The Labute approximate surface area is 94.9 Å². The molecule has 90 valence electrons. The predicted octanol–water partition coefficient (Wildman–Crippen LogP) is 3.09. The lowest BCUT2D eigenvalue weighted by Gasteiger charge is -2.03. The van der Waals surface area contributed by atoms with Gasteiger partial charge in [0.15, 0.2) is 0 Å². The summed E-state index contributed by atoms with van der Waals surface area (Å²) < 4.78 is 17.9. The standard InChI is InChI=1S/C10H11FO3.C2H6/c1-2-14-6-7-3-8(10(12)13)5-9(11)4-7;1-2/h3-5H,2,6H2,1H3,(H,12,13);1-2H3. The Morgan fingerprint density at radius 1 is 1.38 bits per heavy atom. The molecule has 0 spiro atoms. The van der Waals surface area contributed by atoms with Gasteiger partial charge in [-0.2, -0.15) is 0 Å². The van der Waals surface area contributed by atoms with E-state index in [1.165, 1.54) is 12.1 Å². The molecule has 1 aromatic rings. The largest absolute Gasteiger partial charge is 0.478 e. The summed E-state index contributed by atoms with van der Waals surface area (Å²) >= 11 is 0. The second kappa shape index (κ2) is 7.82. The summed E-state index contributed by atoms with van der Waals surface area (Å²) in [6.07, 6.45) is 0. The van der Waals surface area contributed by atoms with E-state index < -0.39 is 11.8 Å². The number of hydrogen-bond donors (Lipinski definition) is 1. The van der Waals surface area contributed by atoms with Gasteiger partial charge in [0.2, 0.25) is 0 Å². The molecule has 0 unspecified atom stereocenters. The van der Waals surface area contributed by atoms with Crippen molar-refractivity contribution >= 4 is 5.97 Å². The van der Waals surface area contributed by atoms with E-state index in [2.05, 4.69) is 0 Å². The van der Waals surface area contributed by atoms with Crippen LogP contribution in [-0.2, 0) is 11.3 Å². The van der Waals surface area contributed by atoms with E-state index in [-0.39, 0.29) is 12.2 Å². The van der Waals surface area contributed by atoms with Gasteiger partial charge in [0.1, 0.15) is 5.82 Å². The van der Waals surface area contributed by atoms with Crippen molar-refractivity contribution in [3.8, 4) is 0 Å². The lowest BCUT2D eigenvalue weighted by atomic mass is 10.1. The molecule has 0 fully saturated rings. The van der Waals surface area contributed by atoms with Crippen LogP contribution < -0.4 is 0 Å². The molecule has 0 aliphatic rings. The predicted molar refractivity (Wildman–Crippen MR) is 60.0 cm³/mol. The van der Waals surface area contributed by atoms with Crippen LogP contribution in [0.4, 0.5) is 4.39 Å². The first-order chi connectivity index (χ1) is 7.63. The summed E-state index contributed by atoms with van der Waals surface area (Å²) in [4.78, 5) is 10.6. The molecule has 0 saturated heterocycles. The van der Waals surface area contributed by atoms with Crippen LogP contribution in [0.1, 0.15) is 36.7 Å². The molecule has 0 aliphatic heterocycles. The summed E-state index contributed by atoms with van der Waals surface area (Å²) in [5, 5.41) is 8.65. The topological polar surface area (TPSA) is 46.5 Å². The zero-order valence-corrected chi connectivity index (χ0v) is 9.79. The fraction of sp³-hybridized carbons (Fsp3) is 0.417. The lowest BCUT2D eigenvalue weighted by Crippen LogP contribution is -2.00. The number of hydrogen-bond acceptors (Lipinski definition) is 2. The summed E-state index contributed by atoms with van der Waals surface area (Å²) in [7, 11) is 0. The van der Waals surface area contributed by atoms with E-state index in [9.17, 15) is 9.18 Å². The highest BCUT2D eigenvalue weighted by atomic mass is 19.1. The van der Waals surface area contributed by atoms with Crippen LogP contribution in [0.3, 0.4) is 0 Å². The fourth-order valence-electron chi connectivity index (χ4n) is 1.08. The molecule has 0 aliphatic carbocycles. The minimum Gasteiger partial charge on any atom is -0.478 e. The number of benzene rings is 1. The number of carboxylic acid groups (broad SMARTS) is 1. The third-order valence-electron chi connectivity index (χ3n) is 1.68. The molecule has 1 N–H and O–H groups in total. The number of rotatable bonds is 4. The van der Waals surface area contributed by atoms with Crippen LogP contribution in [-0.4, -0.2) is 17.7 Å². The third-order valence-corrected chi connectivity index (χ3v) is 1.68. The van der Waals surface area contributed by atoms with Crippen molar-refractivity contribution < 1.29 is 19.0 Å². The van der Waals surface area contributed by atoms with Gasteiger partial charge in [-0.05, 0) is 30.7 Å². The van der Waals surface area contributed by atoms with Gasteiger partial charge in [-0.1, -0.05) is 13.8 Å². The van der Waals surface area contributed by atoms with Crippen molar-refractivity contribution in [2.75, 3.05) is 6.61 Å². The smallest absolute Gasteiger partial charge is 0.335 e. The molecule has 3 nitrogen and oxygen atoms in total. The van der Waals surface area contributed by atoms with Crippen molar-refractivity contribution in [2.45, 2.75) is 27.4 Å². The lowest BCUT2D eigenvalue weighted by molar-refractivity contribution is 0.0696. The highest BCUT2D eigenvalue weighted by Gasteiger charge is 2.06. The molecular formula is C12H17FO3. The van der Waals surface area contributed by atoms with E-state index in [0.29, 0.717) is 12.2 Å². The Morgan fingerprint density at radius 2 is 2.00 bits per heavy atom. The number of halogens is 1. The first-order valence-electron chi connectivity index (χ1n) is 5.24. The van der Waals surface area contributed by atoms with Crippen LogP contribution in [0, 0.1) is 5.82 Å². The van der Waals surface area contributed by atoms with Gasteiger partial charge in [-0.15, -0.1) is 0 Å². The van der Waals surface area contributed by atoms with E-state index in [0.717, 1.165) is 6.07 Å². The van der Waals surface area contributed by atoms with E-state index in [1.807, 2.05) is 20.8 Å². The Morgan fingerprint density at radius 3 is 2.50 bits per heavy atom. The van der Waals surface area contributed by atoms with Gasteiger partial charge >= 0.3 is 5.97 Å². The second-order valence-corrected chi connectivity index (χ2v) is 2.79. The minimum atomic E-state index is -1.14. The molecule has 1 rings (SSSR count). The number of ether oxygens (including phenoxy) is 1. The average Bonchev–Trinajstić information content (AvgIpc) is 2.28. The first kappa shape index (κ1) is 14.6. The van der Waals surface area contributed by atoms with Gasteiger partial charge in [0.05, 0.1) is 12.2 Å². The molecular weight excluding hydrogens is 211 g/mol. The summed E-state index contributed by atoms with van der Waals surface area (Å²) in [6, 6.07) is 3.65. The Hall–Kier alpha value is -1.42. The summed E-state index contributed by atoms with van der Waals surface area (Å²) in [5.41, 5.74) is 0.476. The Bertz CT molecular complexity index is 337. The van der Waals surface area contributed by atoms with Crippen molar-refractivity contribution in [3.63, 3.8) is 0 Å². The first-order valence-corrected chi connectivity index (χ1v) is 5.24. The average molecular weight is 228 g/mol. The summed E-state index contributed by atoms with van der Waals surface area (Å²) in [6.45, 7) is 6.56. The van der Waals surface area contributed by atoms with Crippen molar-refractivity contribution in [1.82, 2.24) is 0 Å². The summed E-state index contributed by atoms with van der Waals surface area (Å²) in [5.74, 6) is -1.69. The highest BCUT2D eigenvalue weighted by molar-refractivity contribution is 5.87. The van der Waals surface area contributed by atoms with Crippen LogP contribution in [0.5, 0.6) is 0 Å². The van der Waals surface area contributed by atoms with Gasteiger partial charge in [-0.3, -0.25) is 0 Å². The highest BCUT2D eigenvalue weighted by Crippen LogP contribution is 2.10. The van der Waals surface area contributed by atoms with Crippen LogP contribution in [0.25, 0.3) is 0 Å². The zero-order valence-electron chi connectivity index (χ0n) is 9.79. The minimum absolute atomic E-state index is 0.0558. The SMILES string of the molecule is CC.CCOCc1cc(F)cc(C(=O)O)c1. The molecule has 0 saturated carbocycles. The quantitative estimate of drug-likeness (QED) is 0.861. The number of aromatic carboxylic acids is 1. The molecule has 0 radical (unpaired) electrons. The van der Waals surface area contributed by atoms with Crippen LogP contribution >= 0.6 is 0 Å².